The number of allylic oxidation sites excluding steroid dienone is 1. The molecule has 1 aliphatic heterocycles. The van der Waals surface area contributed by atoms with Crippen LogP contribution < -0.4 is 0 Å². The van der Waals surface area contributed by atoms with Crippen LogP contribution in [0.5, 0.6) is 0 Å². The van der Waals surface area contributed by atoms with Gasteiger partial charge in [0.1, 0.15) is 19.5 Å². The molecule has 1 unspecified atom stereocenters. The molecule has 0 aromatic heterocycles. The van der Waals surface area contributed by atoms with Crippen LogP contribution in [-0.4, -0.2) is 54.5 Å². The molecule has 0 aliphatic carbocycles. The van der Waals surface area contributed by atoms with Crippen LogP contribution in [0.25, 0.3) is 0 Å². The van der Waals surface area contributed by atoms with Crippen molar-refractivity contribution in [2.45, 2.75) is 18.8 Å². The Kier molecular flexibility index (Phi) is 8.73. The molecule has 1 saturated heterocycles. The smallest absolute Gasteiger partial charge is 0.329 e. The van der Waals surface area contributed by atoms with E-state index >= 15 is 0 Å². The Bertz CT molecular complexity index is 795. The number of likely N-dealkylation sites (tertiary alicyclic amines) is 1. The van der Waals surface area contributed by atoms with Crippen molar-refractivity contribution in [3.63, 3.8) is 0 Å². The third-order valence-corrected chi connectivity index (χ3v) is 4.62. The van der Waals surface area contributed by atoms with Crippen molar-refractivity contribution in [3.8, 4) is 11.8 Å². The van der Waals surface area contributed by atoms with Gasteiger partial charge < -0.3 is 19.5 Å². The first kappa shape index (κ1) is 21.7. The van der Waals surface area contributed by atoms with Crippen molar-refractivity contribution in [1.29, 1.82) is 0 Å². The van der Waals surface area contributed by atoms with Gasteiger partial charge >= 0.3 is 5.97 Å². The van der Waals surface area contributed by atoms with E-state index < -0.39 is 12.6 Å². The van der Waals surface area contributed by atoms with Gasteiger partial charge in [-0.25, -0.2) is 4.79 Å². The highest BCUT2D eigenvalue weighted by Crippen LogP contribution is 2.35. The first-order valence-corrected chi connectivity index (χ1v) is 9.28. The van der Waals surface area contributed by atoms with Crippen LogP contribution in [0.15, 0.2) is 36.4 Å². The zero-order chi connectivity index (χ0) is 20.4. The fourth-order valence-corrected chi connectivity index (χ4v) is 3.30. The van der Waals surface area contributed by atoms with Gasteiger partial charge in [-0.15, -0.1) is 0 Å². The number of carboxylic acids is 1. The maximum Gasteiger partial charge on any atom is 0.329 e. The molecule has 0 spiro atoms. The zero-order valence-corrected chi connectivity index (χ0v) is 16.1. The summed E-state index contributed by atoms with van der Waals surface area (Å²) in [4.78, 5) is 35.3. The summed E-state index contributed by atoms with van der Waals surface area (Å²) < 4.78 is 4.85. The van der Waals surface area contributed by atoms with E-state index in [1.54, 1.807) is 11.0 Å². The van der Waals surface area contributed by atoms with E-state index in [0.717, 1.165) is 11.8 Å². The number of hydrogen-bond donors (Lipinski definition) is 1. The number of ether oxygens (including phenoxy) is 1. The minimum Gasteiger partial charge on any atom is -0.480 e. The lowest BCUT2D eigenvalue weighted by Crippen LogP contribution is -2.43. The maximum absolute atomic E-state index is 12.6. The van der Waals surface area contributed by atoms with Crippen molar-refractivity contribution in [1.82, 2.24) is 4.90 Å². The molecular formula is C21H22ClNO5. The fourth-order valence-electron chi connectivity index (χ4n) is 3.10. The van der Waals surface area contributed by atoms with Crippen LogP contribution in [0.1, 0.15) is 24.3 Å². The molecule has 1 aromatic rings. The van der Waals surface area contributed by atoms with Gasteiger partial charge in [-0.3, -0.25) is 4.79 Å². The van der Waals surface area contributed by atoms with Crippen LogP contribution >= 0.6 is 11.6 Å². The van der Waals surface area contributed by atoms with Crippen LogP contribution in [0, 0.1) is 17.8 Å². The number of carboxylic acid groups (broad SMARTS) is 1. The number of amides is 1. The van der Waals surface area contributed by atoms with E-state index in [1.165, 1.54) is 0 Å². The van der Waals surface area contributed by atoms with E-state index in [2.05, 4.69) is 11.8 Å². The highest BCUT2D eigenvalue weighted by molar-refractivity contribution is 6.30. The van der Waals surface area contributed by atoms with Gasteiger partial charge in [0.2, 0.25) is 5.91 Å². The van der Waals surface area contributed by atoms with Crippen molar-refractivity contribution in [2.24, 2.45) is 5.92 Å². The number of rotatable bonds is 8. The largest absolute Gasteiger partial charge is 0.480 e. The summed E-state index contributed by atoms with van der Waals surface area (Å²) in [5, 5.41) is 9.12. The van der Waals surface area contributed by atoms with E-state index in [1.807, 2.05) is 30.4 Å². The Morgan fingerprint density at radius 2 is 2.21 bits per heavy atom. The lowest BCUT2D eigenvalue weighted by atomic mass is 9.80. The maximum atomic E-state index is 12.6. The number of halogens is 1. The number of carbonyl (C=O) groups is 3. The number of piperidine rings is 1. The lowest BCUT2D eigenvalue weighted by molar-refractivity contribution is -0.141. The zero-order valence-electron chi connectivity index (χ0n) is 15.3. The topological polar surface area (TPSA) is 83.9 Å². The molecule has 2 atom stereocenters. The second-order valence-corrected chi connectivity index (χ2v) is 6.81. The molecule has 1 N–H and O–H groups in total. The fraction of sp³-hybridized carbons (Fsp3) is 0.381. The van der Waals surface area contributed by atoms with E-state index in [0.29, 0.717) is 24.4 Å². The van der Waals surface area contributed by atoms with Gasteiger partial charge in [-0.1, -0.05) is 47.7 Å². The molecule has 1 amide bonds. The van der Waals surface area contributed by atoms with Crippen LogP contribution in [0.2, 0.25) is 5.02 Å². The predicted octanol–water partition coefficient (Wildman–Crippen LogP) is 2.52. The standard InChI is InChI=1S/C21H22ClNO5/c22-18-8-5-7-16(12-18)19-13-20(25)23(14-17(19)6-1-3-10-24)9-2-4-11-28-15-21(26)27/h1,5-8,10,12,17,19H,3,9,11,13-15H2,(H,26,27)/b6-1+/t17-,19?/m0/s1. The summed E-state index contributed by atoms with van der Waals surface area (Å²) in [5.74, 6) is 4.53. The molecule has 1 heterocycles. The average Bonchev–Trinajstić information content (AvgIpc) is 2.66. The Morgan fingerprint density at radius 1 is 1.39 bits per heavy atom. The molecule has 2 rings (SSSR count). The molecule has 148 valence electrons. The number of benzene rings is 1. The second-order valence-electron chi connectivity index (χ2n) is 6.37. The summed E-state index contributed by atoms with van der Waals surface area (Å²) in [7, 11) is 0. The second kappa shape index (κ2) is 11.3. The number of nitrogens with zero attached hydrogens (tertiary/aromatic N) is 1. The monoisotopic (exact) mass is 403 g/mol. The Morgan fingerprint density at radius 3 is 2.93 bits per heavy atom. The van der Waals surface area contributed by atoms with Gasteiger partial charge in [0.15, 0.2) is 0 Å². The molecule has 0 bridgehead atoms. The molecule has 0 saturated carbocycles. The number of aliphatic carboxylic acids is 1. The van der Waals surface area contributed by atoms with Gasteiger partial charge in [-0.05, 0) is 17.7 Å². The molecule has 28 heavy (non-hydrogen) atoms. The van der Waals surface area contributed by atoms with Crippen LogP contribution in [-0.2, 0) is 19.1 Å². The van der Waals surface area contributed by atoms with E-state index in [9.17, 15) is 14.4 Å². The Hall–Kier alpha value is -2.62. The van der Waals surface area contributed by atoms with Crippen molar-refractivity contribution >= 4 is 29.8 Å². The highest BCUT2D eigenvalue weighted by Gasteiger charge is 2.33. The molecule has 1 fully saturated rings. The van der Waals surface area contributed by atoms with Crippen molar-refractivity contribution < 1.29 is 24.2 Å². The molecular weight excluding hydrogens is 382 g/mol. The third kappa shape index (κ3) is 6.84. The van der Waals surface area contributed by atoms with Crippen molar-refractivity contribution in [2.75, 3.05) is 26.3 Å². The van der Waals surface area contributed by atoms with Gasteiger partial charge in [0, 0.05) is 36.2 Å². The highest BCUT2D eigenvalue weighted by atomic mass is 35.5. The quantitative estimate of drug-likeness (QED) is 0.312. The Labute approximate surface area is 169 Å². The lowest BCUT2D eigenvalue weighted by Gasteiger charge is -2.36. The van der Waals surface area contributed by atoms with Crippen molar-refractivity contribution in [3.05, 3.63) is 47.0 Å². The molecule has 0 radical (unpaired) electrons. The number of aldehydes is 1. The molecule has 6 nitrogen and oxygen atoms in total. The minimum atomic E-state index is -1.05. The first-order chi connectivity index (χ1) is 13.5. The predicted molar refractivity (Wildman–Crippen MR) is 105 cm³/mol. The van der Waals surface area contributed by atoms with Gasteiger partial charge in [-0.2, -0.15) is 0 Å². The Balaban J connectivity index is 2.05. The van der Waals surface area contributed by atoms with Crippen LogP contribution in [0.3, 0.4) is 0 Å². The van der Waals surface area contributed by atoms with Gasteiger partial charge in [0.25, 0.3) is 0 Å². The molecule has 1 aromatic carbocycles. The minimum absolute atomic E-state index is 0.00212. The SMILES string of the molecule is O=CC/C=C/[C@H]1CN(CC#CCOCC(=O)O)C(=O)CC1c1cccc(Cl)c1. The molecule has 7 heteroatoms. The summed E-state index contributed by atoms with van der Waals surface area (Å²) in [5.41, 5.74) is 0.995. The van der Waals surface area contributed by atoms with E-state index in [-0.39, 0.29) is 30.9 Å². The summed E-state index contributed by atoms with van der Waals surface area (Å²) in [6.07, 6.45) is 5.28. The summed E-state index contributed by atoms with van der Waals surface area (Å²) in [6, 6.07) is 7.49. The number of carbonyl (C=O) groups excluding carboxylic acids is 2. The summed E-state index contributed by atoms with van der Waals surface area (Å²) in [6.45, 7) is 0.329. The number of hydrogen-bond acceptors (Lipinski definition) is 4. The third-order valence-electron chi connectivity index (χ3n) is 4.38. The van der Waals surface area contributed by atoms with Gasteiger partial charge in [0.05, 0.1) is 6.54 Å². The molecule has 1 aliphatic rings. The van der Waals surface area contributed by atoms with E-state index in [4.69, 9.17) is 21.4 Å². The summed E-state index contributed by atoms with van der Waals surface area (Å²) >= 11 is 6.11. The van der Waals surface area contributed by atoms with Crippen LogP contribution in [0.4, 0.5) is 0 Å². The average molecular weight is 404 g/mol. The first-order valence-electron chi connectivity index (χ1n) is 8.90. The normalized spacial score (nSPS) is 19.3.